The Morgan fingerprint density at radius 2 is 2.11 bits per heavy atom. The number of allylic oxidation sites excluding steroid dienone is 1. The zero-order valence-corrected chi connectivity index (χ0v) is 17.0. The number of unbranched alkanes of at least 4 members (excludes halogenated alkanes) is 3. The molecule has 0 fully saturated rings. The lowest BCUT2D eigenvalue weighted by atomic mass is 10.2. The molecule has 0 aliphatic heterocycles. The van der Waals surface area contributed by atoms with Crippen molar-refractivity contribution in [3.63, 3.8) is 0 Å². The van der Waals surface area contributed by atoms with E-state index in [2.05, 4.69) is 29.4 Å². The average molecular weight is 395 g/mol. The van der Waals surface area contributed by atoms with Gasteiger partial charge in [-0.25, -0.2) is 4.98 Å². The molecule has 0 spiro atoms. The number of thiazole rings is 1. The molecular formula is C23H26N2O2S. The Balaban J connectivity index is 1.48. The van der Waals surface area contributed by atoms with Gasteiger partial charge in [0.2, 0.25) is 0 Å². The Morgan fingerprint density at radius 3 is 3.00 bits per heavy atom. The molecule has 0 saturated heterocycles. The first-order valence-corrected chi connectivity index (χ1v) is 10.6. The van der Waals surface area contributed by atoms with E-state index < -0.39 is 0 Å². The molecule has 146 valence electrons. The van der Waals surface area contributed by atoms with Crippen LogP contribution >= 0.6 is 11.3 Å². The van der Waals surface area contributed by atoms with Crippen LogP contribution < -0.4 is 10.1 Å². The fourth-order valence-electron chi connectivity index (χ4n) is 2.87. The van der Waals surface area contributed by atoms with Gasteiger partial charge in [-0.2, -0.15) is 0 Å². The van der Waals surface area contributed by atoms with Crippen LogP contribution in [-0.2, 0) is 6.54 Å². The number of benzene rings is 2. The molecule has 0 bridgehead atoms. The van der Waals surface area contributed by atoms with Gasteiger partial charge in [0.05, 0.1) is 15.7 Å². The number of aromatic nitrogens is 1. The minimum atomic E-state index is -0.0864. The fourth-order valence-corrected chi connectivity index (χ4v) is 3.58. The number of hydrogen-bond acceptors (Lipinski definition) is 4. The molecular weight excluding hydrogens is 368 g/mol. The summed E-state index contributed by atoms with van der Waals surface area (Å²) in [5, 5.41) is 2.97. The van der Waals surface area contributed by atoms with E-state index in [1.54, 1.807) is 5.51 Å². The van der Waals surface area contributed by atoms with Crippen LogP contribution in [0.5, 0.6) is 5.75 Å². The Labute approximate surface area is 170 Å². The fraction of sp³-hybridized carbons (Fsp3) is 0.304. The SMILES string of the molecule is CCCCCC=CCOc1cccc(CNC(=O)c2ccc3ncsc3c2)c1. The quantitative estimate of drug-likeness (QED) is 0.352. The van der Waals surface area contributed by atoms with Crippen LogP contribution in [0.2, 0.25) is 0 Å². The number of hydrogen-bond donors (Lipinski definition) is 1. The number of rotatable bonds is 10. The minimum absolute atomic E-state index is 0.0864. The van der Waals surface area contributed by atoms with Crippen LogP contribution in [-0.4, -0.2) is 17.5 Å². The van der Waals surface area contributed by atoms with E-state index >= 15 is 0 Å². The van der Waals surface area contributed by atoms with Gasteiger partial charge in [-0.05, 0) is 48.7 Å². The zero-order valence-electron chi connectivity index (χ0n) is 16.2. The Bertz CT molecular complexity index is 933. The summed E-state index contributed by atoms with van der Waals surface area (Å²) >= 11 is 1.54. The second-order valence-electron chi connectivity index (χ2n) is 6.64. The number of ether oxygens (including phenoxy) is 1. The van der Waals surface area contributed by atoms with Crippen molar-refractivity contribution >= 4 is 27.5 Å². The number of carbonyl (C=O) groups excluding carboxylic acids is 1. The lowest BCUT2D eigenvalue weighted by molar-refractivity contribution is 0.0951. The van der Waals surface area contributed by atoms with Gasteiger partial charge >= 0.3 is 0 Å². The van der Waals surface area contributed by atoms with Gasteiger partial charge in [0.15, 0.2) is 0 Å². The van der Waals surface area contributed by atoms with Gasteiger partial charge in [0, 0.05) is 12.1 Å². The summed E-state index contributed by atoms with van der Waals surface area (Å²) in [4.78, 5) is 16.7. The van der Waals surface area contributed by atoms with Crippen molar-refractivity contribution in [2.45, 2.75) is 39.2 Å². The molecule has 0 aliphatic rings. The predicted octanol–water partition coefficient (Wildman–Crippen LogP) is 5.74. The van der Waals surface area contributed by atoms with Crippen LogP contribution in [0.15, 0.2) is 60.1 Å². The molecule has 0 radical (unpaired) electrons. The summed E-state index contributed by atoms with van der Waals surface area (Å²) in [5.74, 6) is 0.729. The third kappa shape index (κ3) is 5.92. The molecule has 1 aromatic heterocycles. The number of amides is 1. The maximum absolute atomic E-state index is 12.4. The lowest BCUT2D eigenvalue weighted by Gasteiger charge is -2.08. The molecule has 3 aromatic rings. The first-order valence-electron chi connectivity index (χ1n) is 9.74. The highest BCUT2D eigenvalue weighted by atomic mass is 32.1. The lowest BCUT2D eigenvalue weighted by Crippen LogP contribution is -2.22. The van der Waals surface area contributed by atoms with Gasteiger partial charge in [0.1, 0.15) is 12.4 Å². The number of carbonyl (C=O) groups is 1. The third-order valence-electron chi connectivity index (χ3n) is 4.43. The second kappa shape index (κ2) is 10.6. The Hall–Kier alpha value is -2.66. The van der Waals surface area contributed by atoms with Crippen molar-refractivity contribution in [1.82, 2.24) is 10.3 Å². The average Bonchev–Trinajstić information content (AvgIpc) is 3.19. The van der Waals surface area contributed by atoms with E-state index in [4.69, 9.17) is 4.74 Å². The molecule has 0 saturated carbocycles. The molecule has 3 rings (SSSR count). The van der Waals surface area contributed by atoms with Crippen LogP contribution in [0.3, 0.4) is 0 Å². The summed E-state index contributed by atoms with van der Waals surface area (Å²) in [6, 6.07) is 13.4. The molecule has 5 heteroatoms. The van der Waals surface area contributed by atoms with Gasteiger partial charge in [-0.1, -0.05) is 44.1 Å². The topological polar surface area (TPSA) is 51.2 Å². The van der Waals surface area contributed by atoms with Crippen LogP contribution in [0.1, 0.15) is 48.5 Å². The van der Waals surface area contributed by atoms with Crippen molar-refractivity contribution in [3.8, 4) is 5.75 Å². The summed E-state index contributed by atoms with van der Waals surface area (Å²) in [5.41, 5.74) is 4.37. The molecule has 1 amide bonds. The van der Waals surface area contributed by atoms with Crippen molar-refractivity contribution in [3.05, 3.63) is 71.3 Å². The Morgan fingerprint density at radius 1 is 1.18 bits per heavy atom. The first-order chi connectivity index (χ1) is 13.8. The van der Waals surface area contributed by atoms with E-state index in [1.807, 2.05) is 42.5 Å². The molecule has 0 unspecified atom stereocenters. The molecule has 28 heavy (non-hydrogen) atoms. The standard InChI is InChI=1S/C23H26N2O2S/c1-2-3-4-5-6-7-13-27-20-10-8-9-18(14-20)16-24-23(26)19-11-12-21-22(15-19)28-17-25-21/h6-12,14-15,17H,2-5,13,16H2,1H3,(H,24,26). The summed E-state index contributed by atoms with van der Waals surface area (Å²) in [6.07, 6.45) is 9.11. The maximum atomic E-state index is 12.4. The van der Waals surface area contributed by atoms with Gasteiger partial charge in [-0.15, -0.1) is 11.3 Å². The monoisotopic (exact) mass is 394 g/mol. The molecule has 1 heterocycles. The molecule has 2 aromatic carbocycles. The van der Waals surface area contributed by atoms with Gasteiger partial charge in [0.25, 0.3) is 5.91 Å². The highest BCUT2D eigenvalue weighted by Crippen LogP contribution is 2.19. The zero-order chi connectivity index (χ0) is 19.6. The van der Waals surface area contributed by atoms with Crippen molar-refractivity contribution < 1.29 is 9.53 Å². The Kier molecular flexibility index (Phi) is 7.62. The molecule has 0 aliphatic carbocycles. The van der Waals surface area contributed by atoms with Crippen molar-refractivity contribution in [2.24, 2.45) is 0 Å². The number of nitrogens with zero attached hydrogens (tertiary/aromatic N) is 1. The van der Waals surface area contributed by atoms with Crippen molar-refractivity contribution in [1.29, 1.82) is 0 Å². The van der Waals surface area contributed by atoms with Crippen LogP contribution in [0.4, 0.5) is 0 Å². The summed E-state index contributed by atoms with van der Waals surface area (Å²) < 4.78 is 6.80. The maximum Gasteiger partial charge on any atom is 0.251 e. The van der Waals surface area contributed by atoms with E-state index in [9.17, 15) is 4.79 Å². The normalized spacial score (nSPS) is 11.2. The highest BCUT2D eigenvalue weighted by Gasteiger charge is 2.07. The van der Waals surface area contributed by atoms with E-state index in [0.29, 0.717) is 18.7 Å². The van der Waals surface area contributed by atoms with E-state index in [1.165, 1.54) is 30.6 Å². The van der Waals surface area contributed by atoms with Gasteiger partial charge in [-0.3, -0.25) is 4.79 Å². The second-order valence-corrected chi connectivity index (χ2v) is 7.53. The van der Waals surface area contributed by atoms with Crippen molar-refractivity contribution in [2.75, 3.05) is 6.61 Å². The first kappa shape index (κ1) is 20.1. The minimum Gasteiger partial charge on any atom is -0.490 e. The van der Waals surface area contributed by atoms with Crippen LogP contribution in [0.25, 0.3) is 10.2 Å². The highest BCUT2D eigenvalue weighted by molar-refractivity contribution is 7.16. The smallest absolute Gasteiger partial charge is 0.251 e. The molecule has 1 N–H and O–H groups in total. The van der Waals surface area contributed by atoms with E-state index in [0.717, 1.165) is 28.0 Å². The third-order valence-corrected chi connectivity index (χ3v) is 5.22. The van der Waals surface area contributed by atoms with Gasteiger partial charge < -0.3 is 10.1 Å². The molecule has 4 nitrogen and oxygen atoms in total. The predicted molar refractivity (Wildman–Crippen MR) is 116 cm³/mol. The number of nitrogens with one attached hydrogen (secondary N) is 1. The summed E-state index contributed by atoms with van der Waals surface area (Å²) in [7, 11) is 0. The van der Waals surface area contributed by atoms with Crippen LogP contribution in [0, 0.1) is 0 Å². The van der Waals surface area contributed by atoms with E-state index in [-0.39, 0.29) is 5.91 Å². The number of fused-ring (bicyclic) bond motifs is 1. The largest absolute Gasteiger partial charge is 0.490 e. The summed E-state index contributed by atoms with van der Waals surface area (Å²) in [6.45, 7) is 3.24. The molecule has 0 atom stereocenters.